The molecule has 102 valence electrons. The first kappa shape index (κ1) is 15.0. The van der Waals surface area contributed by atoms with E-state index in [4.69, 9.17) is 15.2 Å². The Hall–Kier alpha value is -1.06. The molecule has 0 aromatic heterocycles. The lowest BCUT2D eigenvalue weighted by atomic mass is 10.0. The van der Waals surface area contributed by atoms with Gasteiger partial charge in [-0.25, -0.2) is 0 Å². The van der Waals surface area contributed by atoms with Crippen LogP contribution in [0.3, 0.4) is 0 Å². The fourth-order valence-corrected chi connectivity index (χ4v) is 1.67. The van der Waals surface area contributed by atoms with E-state index >= 15 is 0 Å². The highest BCUT2D eigenvalue weighted by Gasteiger charge is 2.02. The normalized spacial score (nSPS) is 12.4. The largest absolute Gasteiger partial charge is 0.491 e. The zero-order chi connectivity index (χ0) is 13.2. The van der Waals surface area contributed by atoms with E-state index < -0.39 is 0 Å². The van der Waals surface area contributed by atoms with E-state index in [0.717, 1.165) is 31.6 Å². The highest BCUT2D eigenvalue weighted by molar-refractivity contribution is 5.29. The quantitative estimate of drug-likeness (QED) is 0.686. The maximum absolute atomic E-state index is 5.95. The van der Waals surface area contributed by atoms with Crippen LogP contribution in [0.4, 0.5) is 0 Å². The lowest BCUT2D eigenvalue weighted by molar-refractivity contribution is 0.101. The first-order valence-corrected chi connectivity index (χ1v) is 6.81. The van der Waals surface area contributed by atoms with Crippen molar-refractivity contribution in [3.63, 3.8) is 0 Å². The molecule has 2 N–H and O–H groups in total. The van der Waals surface area contributed by atoms with Crippen molar-refractivity contribution in [3.05, 3.63) is 29.8 Å². The number of ether oxygens (including phenoxy) is 2. The second-order valence-electron chi connectivity index (χ2n) is 4.48. The molecule has 1 unspecified atom stereocenters. The minimum absolute atomic E-state index is 0.230. The summed E-state index contributed by atoms with van der Waals surface area (Å²) in [4.78, 5) is 0. The van der Waals surface area contributed by atoms with Gasteiger partial charge in [-0.2, -0.15) is 0 Å². The van der Waals surface area contributed by atoms with Gasteiger partial charge in [0.05, 0.1) is 6.61 Å². The van der Waals surface area contributed by atoms with Crippen molar-refractivity contribution >= 4 is 0 Å². The summed E-state index contributed by atoms with van der Waals surface area (Å²) < 4.78 is 11.0. The Morgan fingerprint density at radius 3 is 2.72 bits per heavy atom. The second kappa shape index (κ2) is 8.95. The zero-order valence-electron chi connectivity index (χ0n) is 11.5. The van der Waals surface area contributed by atoms with Crippen molar-refractivity contribution in [3.8, 4) is 5.75 Å². The third-order valence-corrected chi connectivity index (χ3v) is 2.77. The number of benzene rings is 1. The van der Waals surface area contributed by atoms with Gasteiger partial charge in [0.2, 0.25) is 0 Å². The molecule has 0 spiro atoms. The van der Waals surface area contributed by atoms with Gasteiger partial charge in [-0.05, 0) is 37.0 Å². The van der Waals surface area contributed by atoms with Crippen LogP contribution in [0.5, 0.6) is 5.75 Å². The Morgan fingerprint density at radius 2 is 2.00 bits per heavy atom. The molecule has 3 heteroatoms. The Kier molecular flexibility index (Phi) is 7.46. The first-order chi connectivity index (χ1) is 8.76. The van der Waals surface area contributed by atoms with Crippen LogP contribution in [0.15, 0.2) is 24.3 Å². The predicted octanol–water partition coefficient (Wildman–Crippen LogP) is 2.77. The Balaban J connectivity index is 2.35. The summed E-state index contributed by atoms with van der Waals surface area (Å²) in [6.45, 7) is 6.25. The Labute approximate surface area is 110 Å². The van der Waals surface area contributed by atoms with Gasteiger partial charge >= 0.3 is 0 Å². The van der Waals surface area contributed by atoms with Crippen molar-refractivity contribution < 1.29 is 9.47 Å². The van der Waals surface area contributed by atoms with Crippen molar-refractivity contribution in [2.45, 2.75) is 39.2 Å². The van der Waals surface area contributed by atoms with Gasteiger partial charge in [0.25, 0.3) is 0 Å². The van der Waals surface area contributed by atoms with Crippen LogP contribution >= 0.6 is 0 Å². The molecule has 18 heavy (non-hydrogen) atoms. The van der Waals surface area contributed by atoms with Crippen molar-refractivity contribution in [2.24, 2.45) is 5.73 Å². The molecule has 0 fully saturated rings. The first-order valence-electron chi connectivity index (χ1n) is 6.81. The lowest BCUT2D eigenvalue weighted by Gasteiger charge is -2.11. The topological polar surface area (TPSA) is 44.5 Å². The molecule has 1 atom stereocenters. The summed E-state index contributed by atoms with van der Waals surface area (Å²) in [5.74, 6) is 0.899. The minimum Gasteiger partial charge on any atom is -0.491 e. The predicted molar refractivity (Wildman–Crippen MR) is 75.0 cm³/mol. The molecule has 0 radical (unpaired) electrons. The molecule has 1 rings (SSSR count). The van der Waals surface area contributed by atoms with Gasteiger partial charge < -0.3 is 15.2 Å². The van der Waals surface area contributed by atoms with Crippen LogP contribution in [0.25, 0.3) is 0 Å². The van der Waals surface area contributed by atoms with Gasteiger partial charge in [0.15, 0.2) is 0 Å². The van der Waals surface area contributed by atoms with Crippen molar-refractivity contribution in [1.82, 2.24) is 0 Å². The van der Waals surface area contributed by atoms with Gasteiger partial charge in [-0.3, -0.25) is 0 Å². The van der Waals surface area contributed by atoms with Crippen LogP contribution in [0, 0.1) is 0 Å². The summed E-state index contributed by atoms with van der Waals surface area (Å²) in [6.07, 6.45) is 2.94. The van der Waals surface area contributed by atoms with Crippen LogP contribution in [-0.2, 0) is 11.2 Å². The summed E-state index contributed by atoms with van der Waals surface area (Å²) >= 11 is 0. The maximum atomic E-state index is 5.95. The van der Waals surface area contributed by atoms with Crippen LogP contribution < -0.4 is 10.5 Å². The summed E-state index contributed by atoms with van der Waals surface area (Å²) in [5, 5.41) is 0. The molecule has 0 bridgehead atoms. The minimum atomic E-state index is 0.230. The second-order valence-corrected chi connectivity index (χ2v) is 4.48. The van der Waals surface area contributed by atoms with Crippen LogP contribution in [0.1, 0.15) is 32.3 Å². The molecule has 0 saturated carbocycles. The average molecular weight is 251 g/mol. The van der Waals surface area contributed by atoms with Gasteiger partial charge in [0, 0.05) is 12.6 Å². The SMILES string of the molecule is CCCOCCOc1cccc(CC(N)CC)c1. The summed E-state index contributed by atoms with van der Waals surface area (Å²) in [6, 6.07) is 8.37. The molecule has 1 aromatic carbocycles. The fourth-order valence-electron chi connectivity index (χ4n) is 1.67. The smallest absolute Gasteiger partial charge is 0.119 e. The lowest BCUT2D eigenvalue weighted by Crippen LogP contribution is -2.21. The van der Waals surface area contributed by atoms with Crippen LogP contribution in [-0.4, -0.2) is 25.9 Å². The van der Waals surface area contributed by atoms with Gasteiger partial charge in [-0.15, -0.1) is 0 Å². The number of nitrogens with two attached hydrogens (primary N) is 1. The van der Waals surface area contributed by atoms with E-state index in [-0.39, 0.29) is 6.04 Å². The fraction of sp³-hybridized carbons (Fsp3) is 0.600. The van der Waals surface area contributed by atoms with Crippen LogP contribution in [0.2, 0.25) is 0 Å². The van der Waals surface area contributed by atoms with E-state index in [9.17, 15) is 0 Å². The molecular weight excluding hydrogens is 226 g/mol. The van der Waals surface area contributed by atoms with Gasteiger partial charge in [0.1, 0.15) is 12.4 Å². The summed E-state index contributed by atoms with van der Waals surface area (Å²) in [7, 11) is 0. The third-order valence-electron chi connectivity index (χ3n) is 2.77. The molecule has 0 heterocycles. The number of rotatable bonds is 9. The zero-order valence-corrected chi connectivity index (χ0v) is 11.5. The highest BCUT2D eigenvalue weighted by Crippen LogP contribution is 2.14. The Bertz CT molecular complexity index is 328. The highest BCUT2D eigenvalue weighted by atomic mass is 16.5. The molecule has 0 aliphatic carbocycles. The van der Waals surface area contributed by atoms with Crippen molar-refractivity contribution in [1.29, 1.82) is 0 Å². The molecular formula is C15H25NO2. The Morgan fingerprint density at radius 1 is 1.17 bits per heavy atom. The third kappa shape index (κ3) is 6.03. The van der Waals surface area contributed by atoms with E-state index in [1.54, 1.807) is 0 Å². The molecule has 0 saturated heterocycles. The van der Waals surface area contributed by atoms with E-state index in [0.29, 0.717) is 13.2 Å². The summed E-state index contributed by atoms with van der Waals surface area (Å²) in [5.41, 5.74) is 7.18. The standard InChI is InChI=1S/C15H25NO2/c1-3-8-17-9-10-18-15-7-5-6-13(12-15)11-14(16)4-2/h5-7,12,14H,3-4,8-11,16H2,1-2H3. The molecule has 0 aliphatic rings. The number of hydrogen-bond acceptors (Lipinski definition) is 3. The molecule has 0 aliphatic heterocycles. The monoisotopic (exact) mass is 251 g/mol. The van der Waals surface area contributed by atoms with E-state index in [1.807, 2.05) is 12.1 Å². The molecule has 3 nitrogen and oxygen atoms in total. The maximum Gasteiger partial charge on any atom is 0.119 e. The van der Waals surface area contributed by atoms with Gasteiger partial charge in [-0.1, -0.05) is 26.0 Å². The van der Waals surface area contributed by atoms with E-state index in [2.05, 4.69) is 26.0 Å². The number of hydrogen-bond donors (Lipinski definition) is 1. The average Bonchev–Trinajstić information content (AvgIpc) is 2.39. The molecule has 1 aromatic rings. The van der Waals surface area contributed by atoms with E-state index in [1.165, 1.54) is 5.56 Å². The van der Waals surface area contributed by atoms with Crippen molar-refractivity contribution in [2.75, 3.05) is 19.8 Å². The molecule has 0 amide bonds.